The highest BCUT2D eigenvalue weighted by Crippen LogP contribution is 2.38. The van der Waals surface area contributed by atoms with E-state index in [9.17, 15) is 24.6 Å². The number of aliphatic hydroxyl groups is 2. The lowest BCUT2D eigenvalue weighted by atomic mass is 9.85. The third kappa shape index (κ3) is 15.0. The van der Waals surface area contributed by atoms with Gasteiger partial charge in [-0.15, -0.1) is 0 Å². The van der Waals surface area contributed by atoms with E-state index >= 15 is 0 Å². The van der Waals surface area contributed by atoms with Crippen LogP contribution in [-0.2, 0) is 51.0 Å². The molecule has 1 amide bonds. The normalized spacial score (nSPS) is 35.1. The Morgan fingerprint density at radius 3 is 2.34 bits per heavy atom. The number of azo groups is 1. The zero-order valence-electron chi connectivity index (χ0n) is 47.0. The van der Waals surface area contributed by atoms with E-state index in [1.807, 2.05) is 40.8 Å². The largest absolute Gasteiger partial charge is 0.391 e. The Morgan fingerprint density at radius 1 is 0.908 bits per heavy atom. The minimum absolute atomic E-state index is 0.104. The van der Waals surface area contributed by atoms with Crippen molar-refractivity contribution in [1.82, 2.24) is 10.2 Å². The van der Waals surface area contributed by atoms with Gasteiger partial charge < -0.3 is 39.2 Å². The van der Waals surface area contributed by atoms with Crippen LogP contribution in [0.5, 0.6) is 0 Å². The molecular weight excluding hydrogens is 961 g/mol. The number of methoxy groups -OCH3 is 1. The van der Waals surface area contributed by atoms with Gasteiger partial charge in [-0.3, -0.25) is 19.3 Å². The summed E-state index contributed by atoms with van der Waals surface area (Å²) < 4.78 is 31.9. The minimum atomic E-state index is -1.16. The van der Waals surface area contributed by atoms with Crippen LogP contribution in [0.15, 0.2) is 101 Å². The third-order valence-corrected chi connectivity index (χ3v) is 16.9. The first-order valence-electron chi connectivity index (χ1n) is 28.2. The molecule has 14 nitrogen and oxygen atoms in total. The summed E-state index contributed by atoms with van der Waals surface area (Å²) in [5, 5.41) is 35.7. The molecule has 0 aromatic heterocycles. The van der Waals surface area contributed by atoms with E-state index in [1.165, 1.54) is 12.7 Å². The van der Waals surface area contributed by atoms with Crippen LogP contribution in [0.2, 0.25) is 0 Å². The number of rotatable bonds is 16. The van der Waals surface area contributed by atoms with Crippen molar-refractivity contribution in [2.45, 2.75) is 224 Å². The Bertz CT molecular complexity index is 2440. The Labute approximate surface area is 452 Å². The van der Waals surface area contributed by atoms with Crippen molar-refractivity contribution < 1.29 is 48.3 Å². The summed E-state index contributed by atoms with van der Waals surface area (Å²) in [6.45, 7) is 20.5. The lowest BCUT2D eigenvalue weighted by molar-refractivity contribution is -0.284. The summed E-state index contributed by atoms with van der Waals surface area (Å²) in [7, 11) is 3.51. The second kappa shape index (κ2) is 26.4. The Kier molecular flexibility index (Phi) is 20.6. The lowest BCUT2D eigenvalue weighted by Crippen LogP contribution is -2.57. The predicted molar refractivity (Wildman–Crippen MR) is 295 cm³/mol. The molecule has 4 aliphatic heterocycles. The minimum Gasteiger partial charge on any atom is -0.391 e. The van der Waals surface area contributed by atoms with Crippen LogP contribution < -0.4 is 5.32 Å². The number of carbonyl (C=O) groups excluding carboxylic acids is 3. The fourth-order valence-corrected chi connectivity index (χ4v) is 11.7. The number of unbranched alkanes of at least 4 members (excludes halogenated alkanes) is 1. The molecule has 4 heterocycles. The van der Waals surface area contributed by atoms with Crippen LogP contribution in [0.25, 0.3) is 5.70 Å². The van der Waals surface area contributed by atoms with E-state index in [4.69, 9.17) is 28.8 Å². The number of aryl methyl sites for hydroxylation is 1. The number of ketones is 2. The summed E-state index contributed by atoms with van der Waals surface area (Å²) in [6, 6.07) is 16.2. The van der Waals surface area contributed by atoms with Gasteiger partial charge in [-0.1, -0.05) is 113 Å². The molecule has 7 rings (SSSR count). The zero-order chi connectivity index (χ0) is 54.9. The number of hydrogen-bond donors (Lipinski definition) is 3. The van der Waals surface area contributed by atoms with Crippen LogP contribution >= 0.6 is 0 Å². The SMILES string of the molecule is C=C1C(=O)NC(CC)C(O)CCC[C@H](C)CC[C@H](OC2O[C@H](C)C[C@H](N(C)Cc3ccc(C4=C[C@@](C)(CCCCc5ccc(C6CC=C(C)C=CC6=O)cc5)N=N4)cc3)[C@H]2O)C(C)[C@H]1OC1C[C@@](C)(OC)C(=O)[C@H](C)O1. The van der Waals surface area contributed by atoms with E-state index in [0.717, 1.165) is 79.3 Å². The molecule has 6 unspecified atom stereocenters. The van der Waals surface area contributed by atoms with Crippen LogP contribution in [0, 0.1) is 11.8 Å². The molecule has 3 fully saturated rings. The molecular formula is C62H88N4O10. The number of benzene rings is 2. The fourth-order valence-electron chi connectivity index (χ4n) is 11.7. The van der Waals surface area contributed by atoms with Gasteiger partial charge in [0.25, 0.3) is 0 Å². The molecule has 0 spiro atoms. The number of allylic oxidation sites excluding steroid dienone is 4. The number of nitrogens with zero attached hydrogens (tertiary/aromatic N) is 3. The van der Waals surface area contributed by atoms with Gasteiger partial charge in [0.1, 0.15) is 17.8 Å². The Morgan fingerprint density at radius 2 is 1.63 bits per heavy atom. The molecule has 2 aromatic rings. The van der Waals surface area contributed by atoms with Gasteiger partial charge in [0, 0.05) is 43.2 Å². The van der Waals surface area contributed by atoms with Gasteiger partial charge in [-0.25, -0.2) is 0 Å². The molecule has 3 N–H and O–H groups in total. The maximum Gasteiger partial charge on any atom is 0.249 e. The number of aliphatic hydroxyl groups excluding tert-OH is 2. The third-order valence-electron chi connectivity index (χ3n) is 16.9. The topological polar surface area (TPSA) is 178 Å². The second-order valence-electron chi connectivity index (χ2n) is 23.2. The van der Waals surface area contributed by atoms with Crippen LogP contribution in [-0.4, -0.2) is 119 Å². The highest BCUT2D eigenvalue weighted by atomic mass is 16.7. The number of amides is 1. The van der Waals surface area contributed by atoms with E-state index in [1.54, 1.807) is 19.9 Å². The van der Waals surface area contributed by atoms with Crippen LogP contribution in [0.4, 0.5) is 0 Å². The molecule has 76 heavy (non-hydrogen) atoms. The smallest absolute Gasteiger partial charge is 0.249 e. The van der Waals surface area contributed by atoms with Gasteiger partial charge in [-0.05, 0) is 134 Å². The molecule has 3 saturated heterocycles. The van der Waals surface area contributed by atoms with E-state index < -0.39 is 66.6 Å². The second-order valence-corrected chi connectivity index (χ2v) is 23.2. The molecule has 14 heteroatoms. The van der Waals surface area contributed by atoms with E-state index in [-0.39, 0.29) is 47.2 Å². The van der Waals surface area contributed by atoms with Gasteiger partial charge in [0.2, 0.25) is 5.91 Å². The molecule has 1 aliphatic carbocycles. The average molecular weight is 1050 g/mol. The molecule has 15 atom stereocenters. The van der Waals surface area contributed by atoms with Gasteiger partial charge in [0.05, 0.1) is 47.6 Å². The number of ether oxygens (including phenoxy) is 5. The van der Waals surface area contributed by atoms with Gasteiger partial charge in [-0.2, -0.15) is 10.2 Å². The van der Waals surface area contributed by atoms with Crippen LogP contribution in [0.3, 0.4) is 0 Å². The van der Waals surface area contributed by atoms with Crippen molar-refractivity contribution in [3.8, 4) is 0 Å². The maximum atomic E-state index is 14.1. The summed E-state index contributed by atoms with van der Waals surface area (Å²) >= 11 is 0. The zero-order valence-corrected chi connectivity index (χ0v) is 47.0. The van der Waals surface area contributed by atoms with E-state index in [2.05, 4.69) is 96.4 Å². The highest BCUT2D eigenvalue weighted by molar-refractivity contribution is 5.96. The van der Waals surface area contributed by atoms with Crippen molar-refractivity contribution in [3.05, 3.63) is 113 Å². The van der Waals surface area contributed by atoms with Crippen molar-refractivity contribution >= 4 is 23.2 Å². The van der Waals surface area contributed by atoms with Crippen LogP contribution in [0.1, 0.15) is 161 Å². The lowest BCUT2D eigenvalue weighted by Gasteiger charge is -2.45. The van der Waals surface area contributed by atoms with Crippen molar-refractivity contribution in [3.63, 3.8) is 0 Å². The molecule has 5 aliphatic rings. The highest BCUT2D eigenvalue weighted by Gasteiger charge is 2.48. The standard InChI is InChI=1S/C62H88N4O10/c1-12-49-53(68)18-15-16-38(2)21-32-54(41(5)57(42(6)59(71)63-49)76-55-36-62(9,72-11)58(70)43(7)74-55)75-60-56(69)51(34-40(4)73-60)66(10)37-45-24-28-47(29-25-45)50-35-61(8,65-64-50)33-14-13-17-44-22-26-46(27-23-44)48-30-19-39(3)20-31-52(48)67/h19-20,22-29,31,35,38,40-41,43,48-49,51,53-57,60,68-69H,6,12-18,21,30,32-34,36-37H2,1-5,7-11H3,(H,63,71)/t38-,40+,41?,43-,48?,49?,51-,53?,54-,55?,56+,57+,60?,61+,62+/m0/s1. The Hall–Kier alpha value is -4.51. The number of hydrogen-bond acceptors (Lipinski definition) is 13. The molecule has 0 bridgehead atoms. The predicted octanol–water partition coefficient (Wildman–Crippen LogP) is 10.4. The fraction of sp³-hybridized carbons (Fsp3) is 0.629. The number of likely N-dealkylation sites (N-methyl/N-ethyl adjacent to an activating group) is 1. The van der Waals surface area contributed by atoms with Crippen molar-refractivity contribution in [1.29, 1.82) is 0 Å². The quantitative estimate of drug-likeness (QED) is 0.108. The monoisotopic (exact) mass is 1050 g/mol. The molecule has 416 valence electrons. The summed E-state index contributed by atoms with van der Waals surface area (Å²) in [5.74, 6) is -0.789. The van der Waals surface area contributed by atoms with Gasteiger partial charge >= 0.3 is 0 Å². The molecule has 0 saturated carbocycles. The first-order chi connectivity index (χ1) is 36.2. The maximum absolute atomic E-state index is 14.1. The summed E-state index contributed by atoms with van der Waals surface area (Å²) in [6.07, 6.45) is 11.3. The molecule has 2 aromatic carbocycles. The number of nitrogens with one attached hydrogen (secondary N) is 1. The average Bonchev–Trinajstić information content (AvgIpc) is 3.71. The number of carbonyl (C=O) groups is 3. The van der Waals surface area contributed by atoms with Crippen molar-refractivity contribution in [2.75, 3.05) is 14.2 Å². The summed E-state index contributed by atoms with van der Waals surface area (Å²) in [4.78, 5) is 42.1. The molecule has 0 radical (unpaired) electrons. The van der Waals surface area contributed by atoms with Gasteiger partial charge in [0.15, 0.2) is 24.1 Å². The first kappa shape index (κ1) is 59.2. The summed E-state index contributed by atoms with van der Waals surface area (Å²) in [5.41, 5.74) is 5.04. The van der Waals surface area contributed by atoms with Crippen molar-refractivity contribution in [2.24, 2.45) is 22.1 Å². The first-order valence-corrected chi connectivity index (χ1v) is 28.2. The number of Topliss-reactive ketones (excluding diaryl/α,β-unsaturated/α-hetero) is 1. The van der Waals surface area contributed by atoms with E-state index in [0.29, 0.717) is 38.1 Å². The Balaban J connectivity index is 0.980.